The summed E-state index contributed by atoms with van der Waals surface area (Å²) in [7, 11) is 1.57. The highest BCUT2D eigenvalue weighted by Crippen LogP contribution is 2.34. The molecule has 0 atom stereocenters. The van der Waals surface area contributed by atoms with Crippen molar-refractivity contribution >= 4 is 0 Å². The molecule has 4 nitrogen and oxygen atoms in total. The monoisotopic (exact) mass is 265 g/mol. The molecule has 1 saturated carbocycles. The summed E-state index contributed by atoms with van der Waals surface area (Å²) in [4.78, 5) is 2.39. The molecule has 1 aromatic rings. The van der Waals surface area contributed by atoms with Crippen molar-refractivity contribution in [2.45, 2.75) is 38.3 Å². The minimum Gasteiger partial charge on any atom is -0.504 e. The molecule has 2 N–H and O–H groups in total. The maximum atomic E-state index is 10.1. The third kappa shape index (κ3) is 3.85. The number of aliphatic hydroxyl groups excluding tert-OH is 1. The van der Waals surface area contributed by atoms with Gasteiger partial charge >= 0.3 is 0 Å². The number of rotatable bonds is 8. The number of nitrogens with zero attached hydrogens (tertiary/aromatic N) is 1. The third-order valence-electron chi connectivity index (χ3n) is 3.59. The first-order chi connectivity index (χ1) is 9.26. The molecular formula is C15H23NO3. The summed E-state index contributed by atoms with van der Waals surface area (Å²) >= 11 is 0. The van der Waals surface area contributed by atoms with Crippen molar-refractivity contribution in [2.75, 3.05) is 20.3 Å². The van der Waals surface area contributed by atoms with Gasteiger partial charge in [-0.1, -0.05) is 12.1 Å². The fourth-order valence-electron chi connectivity index (χ4n) is 2.34. The maximum absolute atomic E-state index is 10.1. The Morgan fingerprint density at radius 2 is 2.11 bits per heavy atom. The average Bonchev–Trinajstić information content (AvgIpc) is 3.24. The van der Waals surface area contributed by atoms with Gasteiger partial charge < -0.3 is 14.9 Å². The Hall–Kier alpha value is -1.26. The Balaban J connectivity index is 2.00. The molecule has 0 spiro atoms. The molecule has 0 aliphatic heterocycles. The number of ether oxygens (including phenoxy) is 1. The van der Waals surface area contributed by atoms with E-state index in [0.717, 1.165) is 31.5 Å². The van der Waals surface area contributed by atoms with Crippen LogP contribution in [-0.2, 0) is 6.54 Å². The van der Waals surface area contributed by atoms with E-state index in [2.05, 4.69) is 4.90 Å². The van der Waals surface area contributed by atoms with Gasteiger partial charge in [-0.05, 0) is 38.3 Å². The molecule has 19 heavy (non-hydrogen) atoms. The van der Waals surface area contributed by atoms with Gasteiger partial charge in [0.25, 0.3) is 0 Å². The van der Waals surface area contributed by atoms with E-state index in [1.807, 2.05) is 12.1 Å². The first-order valence-electron chi connectivity index (χ1n) is 6.96. The number of hydrogen-bond acceptors (Lipinski definition) is 4. The van der Waals surface area contributed by atoms with Crippen LogP contribution < -0.4 is 4.74 Å². The number of benzene rings is 1. The highest BCUT2D eigenvalue weighted by atomic mass is 16.5. The van der Waals surface area contributed by atoms with Crippen LogP contribution in [0.4, 0.5) is 0 Å². The Kier molecular flexibility index (Phi) is 5.05. The van der Waals surface area contributed by atoms with Crippen LogP contribution in [0, 0.1) is 0 Å². The van der Waals surface area contributed by atoms with E-state index in [1.54, 1.807) is 13.2 Å². The van der Waals surface area contributed by atoms with Crippen molar-refractivity contribution in [2.24, 2.45) is 0 Å². The van der Waals surface area contributed by atoms with E-state index in [1.165, 1.54) is 12.8 Å². The lowest BCUT2D eigenvalue weighted by Gasteiger charge is -2.22. The third-order valence-corrected chi connectivity index (χ3v) is 3.59. The number of methoxy groups -OCH3 is 1. The summed E-state index contributed by atoms with van der Waals surface area (Å²) in [5.74, 6) is 0.779. The smallest absolute Gasteiger partial charge is 0.162 e. The Labute approximate surface area is 114 Å². The van der Waals surface area contributed by atoms with E-state index in [-0.39, 0.29) is 12.4 Å². The van der Waals surface area contributed by atoms with Crippen LogP contribution in [0.1, 0.15) is 31.2 Å². The highest BCUT2D eigenvalue weighted by molar-refractivity contribution is 5.45. The van der Waals surface area contributed by atoms with Gasteiger partial charge in [-0.25, -0.2) is 0 Å². The van der Waals surface area contributed by atoms with Gasteiger partial charge in [0.15, 0.2) is 11.5 Å². The molecule has 1 aliphatic rings. The zero-order valence-electron chi connectivity index (χ0n) is 11.5. The highest BCUT2D eigenvalue weighted by Gasteiger charge is 2.29. The van der Waals surface area contributed by atoms with Crippen molar-refractivity contribution in [3.8, 4) is 11.5 Å². The number of para-hydroxylation sites is 1. The van der Waals surface area contributed by atoms with Gasteiger partial charge in [-0.15, -0.1) is 0 Å². The largest absolute Gasteiger partial charge is 0.504 e. The summed E-state index contributed by atoms with van der Waals surface area (Å²) in [5.41, 5.74) is 0.912. The molecule has 0 amide bonds. The first-order valence-corrected chi connectivity index (χ1v) is 6.96. The lowest BCUT2D eigenvalue weighted by molar-refractivity contribution is 0.226. The van der Waals surface area contributed by atoms with Crippen LogP contribution in [0.2, 0.25) is 0 Å². The molecule has 1 fully saturated rings. The molecule has 0 unspecified atom stereocenters. The summed E-state index contributed by atoms with van der Waals surface area (Å²) in [6.07, 6.45) is 4.32. The molecule has 1 aliphatic carbocycles. The fraction of sp³-hybridized carbons (Fsp3) is 0.600. The van der Waals surface area contributed by atoms with Crippen LogP contribution in [0.3, 0.4) is 0 Å². The van der Waals surface area contributed by atoms with Gasteiger partial charge in [0, 0.05) is 24.8 Å². The molecule has 0 radical (unpaired) electrons. The SMILES string of the molecule is COc1cccc(CN(CCCCO)C2CC2)c1O. The second-order valence-corrected chi connectivity index (χ2v) is 5.10. The predicted octanol–water partition coefficient (Wildman–Crippen LogP) is 2.14. The van der Waals surface area contributed by atoms with Gasteiger partial charge in [0.1, 0.15) is 0 Å². The number of phenolic OH excluding ortho intramolecular Hbond substituents is 1. The fourth-order valence-corrected chi connectivity index (χ4v) is 2.34. The van der Waals surface area contributed by atoms with Gasteiger partial charge in [-0.3, -0.25) is 4.90 Å². The standard InChI is InChI=1S/C15H23NO3/c1-19-14-6-4-5-12(15(14)18)11-16(13-7-8-13)9-2-3-10-17/h4-6,13,17-18H,2-3,7-11H2,1H3. The van der Waals surface area contributed by atoms with Crippen LogP contribution in [0.15, 0.2) is 18.2 Å². The van der Waals surface area contributed by atoms with E-state index < -0.39 is 0 Å². The van der Waals surface area contributed by atoms with Crippen molar-refractivity contribution in [1.29, 1.82) is 0 Å². The van der Waals surface area contributed by atoms with Crippen molar-refractivity contribution < 1.29 is 14.9 Å². The van der Waals surface area contributed by atoms with E-state index >= 15 is 0 Å². The summed E-state index contributed by atoms with van der Waals surface area (Å²) < 4.78 is 5.14. The Morgan fingerprint density at radius 1 is 1.32 bits per heavy atom. The second kappa shape index (κ2) is 6.78. The van der Waals surface area contributed by atoms with Gasteiger partial charge in [0.2, 0.25) is 0 Å². The summed E-state index contributed by atoms with van der Waals surface area (Å²) in [6.45, 7) is 1.98. The number of unbranched alkanes of at least 4 members (excludes halogenated alkanes) is 1. The first kappa shape index (κ1) is 14.2. The molecule has 4 heteroatoms. The van der Waals surface area contributed by atoms with E-state index in [4.69, 9.17) is 9.84 Å². The van der Waals surface area contributed by atoms with Crippen LogP contribution in [-0.4, -0.2) is 41.4 Å². The second-order valence-electron chi connectivity index (χ2n) is 5.10. The zero-order chi connectivity index (χ0) is 13.7. The lowest BCUT2D eigenvalue weighted by atomic mass is 10.1. The van der Waals surface area contributed by atoms with Crippen molar-refractivity contribution in [3.63, 3.8) is 0 Å². The molecule has 0 heterocycles. The molecular weight excluding hydrogens is 242 g/mol. The predicted molar refractivity (Wildman–Crippen MR) is 74.4 cm³/mol. The average molecular weight is 265 g/mol. The Morgan fingerprint density at radius 3 is 2.74 bits per heavy atom. The van der Waals surface area contributed by atoms with Crippen molar-refractivity contribution in [3.05, 3.63) is 23.8 Å². The molecule has 1 aromatic carbocycles. The molecule has 2 rings (SSSR count). The normalized spacial score (nSPS) is 14.9. The van der Waals surface area contributed by atoms with Gasteiger partial charge in [0.05, 0.1) is 7.11 Å². The molecule has 0 saturated heterocycles. The number of aliphatic hydroxyl groups is 1. The van der Waals surface area contributed by atoms with E-state index in [9.17, 15) is 5.11 Å². The van der Waals surface area contributed by atoms with Crippen LogP contribution >= 0.6 is 0 Å². The molecule has 106 valence electrons. The molecule has 0 bridgehead atoms. The maximum Gasteiger partial charge on any atom is 0.162 e. The quantitative estimate of drug-likeness (QED) is 0.707. The zero-order valence-corrected chi connectivity index (χ0v) is 11.5. The summed E-state index contributed by atoms with van der Waals surface area (Å²) in [5, 5.41) is 19.0. The van der Waals surface area contributed by atoms with Crippen molar-refractivity contribution in [1.82, 2.24) is 4.90 Å². The van der Waals surface area contributed by atoms with Crippen LogP contribution in [0.25, 0.3) is 0 Å². The number of phenols is 1. The number of hydrogen-bond donors (Lipinski definition) is 2. The molecule has 0 aromatic heterocycles. The minimum atomic E-state index is 0.248. The van der Waals surface area contributed by atoms with E-state index in [0.29, 0.717) is 11.8 Å². The lowest BCUT2D eigenvalue weighted by Crippen LogP contribution is -2.27. The van der Waals surface area contributed by atoms with Crippen LogP contribution in [0.5, 0.6) is 11.5 Å². The summed E-state index contributed by atoms with van der Waals surface area (Å²) in [6, 6.07) is 6.27. The Bertz CT molecular complexity index is 404. The van der Waals surface area contributed by atoms with Gasteiger partial charge in [-0.2, -0.15) is 0 Å². The minimum absolute atomic E-state index is 0.248. The topological polar surface area (TPSA) is 52.9 Å². The number of aromatic hydroxyl groups is 1.